The Labute approximate surface area is 201 Å². The molecule has 1 aliphatic heterocycles. The van der Waals surface area contributed by atoms with Gasteiger partial charge < -0.3 is 14.5 Å². The van der Waals surface area contributed by atoms with Gasteiger partial charge in [-0.05, 0) is 54.3 Å². The van der Waals surface area contributed by atoms with Crippen LogP contribution in [0.15, 0.2) is 48.5 Å². The predicted octanol–water partition coefficient (Wildman–Crippen LogP) is 5.07. The van der Waals surface area contributed by atoms with Crippen molar-refractivity contribution in [3.63, 3.8) is 0 Å². The molecular formula is C25H26ClF3N2O3. The molecule has 34 heavy (non-hydrogen) atoms. The quantitative estimate of drug-likeness (QED) is 0.527. The standard InChI is InChI=1S/C25H26ClF3N2O3/c1-34-20-8-3-18(4-9-20)6-11-23(32)30-13-2-14-31(16-15-30)24(33)12-7-19-5-10-22(26)21(17-19)25(27,28)29/h3-5,7-10,12,17H,2,6,11,13-16H2,1H3/b12-7+. The van der Waals surface area contributed by atoms with Crippen molar-refractivity contribution >= 4 is 29.5 Å². The van der Waals surface area contributed by atoms with Crippen LogP contribution in [-0.2, 0) is 22.2 Å². The summed E-state index contributed by atoms with van der Waals surface area (Å²) in [5, 5.41) is -0.389. The molecule has 0 atom stereocenters. The SMILES string of the molecule is COc1ccc(CCC(=O)N2CCCN(C(=O)/C=C/c3ccc(Cl)c(C(F)(F)F)c3)CC2)cc1. The molecule has 0 bridgehead atoms. The number of aryl methyl sites for hydroxylation is 1. The number of carbonyl (C=O) groups excluding carboxylic acids is 2. The van der Waals surface area contributed by atoms with Crippen LogP contribution in [0.3, 0.4) is 0 Å². The summed E-state index contributed by atoms with van der Waals surface area (Å²) >= 11 is 5.64. The van der Waals surface area contributed by atoms with Crippen LogP contribution in [0.25, 0.3) is 6.08 Å². The Bertz CT molecular complexity index is 1040. The lowest BCUT2D eigenvalue weighted by molar-refractivity contribution is -0.137. The van der Waals surface area contributed by atoms with E-state index in [0.29, 0.717) is 45.4 Å². The van der Waals surface area contributed by atoms with E-state index in [4.69, 9.17) is 16.3 Å². The third kappa shape index (κ3) is 7.00. The molecule has 0 N–H and O–H groups in total. The van der Waals surface area contributed by atoms with Crippen molar-refractivity contribution in [3.05, 3.63) is 70.3 Å². The molecule has 3 rings (SSSR count). The maximum atomic E-state index is 13.0. The van der Waals surface area contributed by atoms with Gasteiger partial charge in [0, 0.05) is 38.7 Å². The first kappa shape index (κ1) is 25.6. The molecule has 9 heteroatoms. The molecule has 0 saturated carbocycles. The second kappa shape index (κ2) is 11.4. The lowest BCUT2D eigenvalue weighted by Gasteiger charge is -2.21. The summed E-state index contributed by atoms with van der Waals surface area (Å²) in [5.41, 5.74) is 0.333. The summed E-state index contributed by atoms with van der Waals surface area (Å²) in [6, 6.07) is 11.1. The van der Waals surface area contributed by atoms with Crippen molar-refractivity contribution < 1.29 is 27.5 Å². The van der Waals surface area contributed by atoms with E-state index in [9.17, 15) is 22.8 Å². The van der Waals surface area contributed by atoms with Gasteiger partial charge in [0.05, 0.1) is 17.7 Å². The van der Waals surface area contributed by atoms with Gasteiger partial charge in [0.15, 0.2) is 0 Å². The van der Waals surface area contributed by atoms with E-state index in [0.717, 1.165) is 23.4 Å². The van der Waals surface area contributed by atoms with Crippen LogP contribution in [0, 0.1) is 0 Å². The van der Waals surface area contributed by atoms with Crippen molar-refractivity contribution in [2.45, 2.75) is 25.4 Å². The molecule has 0 radical (unpaired) electrons. The Morgan fingerprint density at radius 2 is 1.71 bits per heavy atom. The molecule has 0 spiro atoms. The van der Waals surface area contributed by atoms with Gasteiger partial charge in [-0.2, -0.15) is 13.2 Å². The number of ether oxygens (including phenoxy) is 1. The molecule has 0 aliphatic carbocycles. The molecule has 1 aliphatic rings. The number of carbonyl (C=O) groups is 2. The van der Waals surface area contributed by atoms with E-state index in [1.165, 1.54) is 18.2 Å². The zero-order chi connectivity index (χ0) is 24.7. The fourth-order valence-corrected chi connectivity index (χ4v) is 3.95. The van der Waals surface area contributed by atoms with Crippen molar-refractivity contribution in [2.24, 2.45) is 0 Å². The number of halogens is 4. The number of amides is 2. The van der Waals surface area contributed by atoms with E-state index in [2.05, 4.69) is 0 Å². The fraction of sp³-hybridized carbons (Fsp3) is 0.360. The Hall–Kier alpha value is -3.00. The number of alkyl halides is 3. The highest BCUT2D eigenvalue weighted by Crippen LogP contribution is 2.35. The molecule has 1 saturated heterocycles. The summed E-state index contributed by atoms with van der Waals surface area (Å²) < 4.78 is 44.2. The Kier molecular flexibility index (Phi) is 8.61. The molecule has 5 nitrogen and oxygen atoms in total. The van der Waals surface area contributed by atoms with Crippen LogP contribution < -0.4 is 4.74 Å². The fourth-order valence-electron chi connectivity index (χ4n) is 3.73. The molecule has 182 valence electrons. The Balaban J connectivity index is 1.53. The second-order valence-corrected chi connectivity index (χ2v) is 8.39. The van der Waals surface area contributed by atoms with E-state index in [-0.39, 0.29) is 22.4 Å². The van der Waals surface area contributed by atoms with E-state index >= 15 is 0 Å². The van der Waals surface area contributed by atoms with E-state index < -0.39 is 11.7 Å². The van der Waals surface area contributed by atoms with Crippen molar-refractivity contribution in [3.8, 4) is 5.75 Å². The van der Waals surface area contributed by atoms with Gasteiger partial charge in [-0.1, -0.05) is 29.8 Å². The summed E-state index contributed by atoms with van der Waals surface area (Å²) in [6.45, 7) is 1.81. The van der Waals surface area contributed by atoms with Crippen molar-refractivity contribution in [1.82, 2.24) is 9.80 Å². The molecule has 2 amide bonds. The number of rotatable bonds is 6. The lowest BCUT2D eigenvalue weighted by Crippen LogP contribution is -2.36. The van der Waals surface area contributed by atoms with Crippen LogP contribution in [0.4, 0.5) is 13.2 Å². The van der Waals surface area contributed by atoms with Gasteiger partial charge >= 0.3 is 6.18 Å². The summed E-state index contributed by atoms with van der Waals surface area (Å²) in [6.07, 6.45) is -0.350. The van der Waals surface area contributed by atoms with Crippen LogP contribution in [0.2, 0.25) is 5.02 Å². The first-order valence-corrected chi connectivity index (χ1v) is 11.3. The molecule has 0 unspecified atom stereocenters. The minimum Gasteiger partial charge on any atom is -0.497 e. The van der Waals surface area contributed by atoms with Gasteiger partial charge in [0.1, 0.15) is 5.75 Å². The summed E-state index contributed by atoms with van der Waals surface area (Å²) in [4.78, 5) is 28.6. The largest absolute Gasteiger partial charge is 0.497 e. The highest BCUT2D eigenvalue weighted by atomic mass is 35.5. The molecular weight excluding hydrogens is 469 g/mol. The van der Waals surface area contributed by atoms with Crippen molar-refractivity contribution in [2.75, 3.05) is 33.3 Å². The number of benzene rings is 2. The summed E-state index contributed by atoms with van der Waals surface area (Å²) in [5.74, 6) is 0.482. The van der Waals surface area contributed by atoms with Crippen LogP contribution >= 0.6 is 11.6 Å². The average molecular weight is 495 g/mol. The Morgan fingerprint density at radius 1 is 1.03 bits per heavy atom. The van der Waals surface area contributed by atoms with E-state index in [1.807, 2.05) is 24.3 Å². The van der Waals surface area contributed by atoms with Crippen LogP contribution in [-0.4, -0.2) is 54.9 Å². The van der Waals surface area contributed by atoms with Gasteiger partial charge in [-0.25, -0.2) is 0 Å². The van der Waals surface area contributed by atoms with Crippen molar-refractivity contribution in [1.29, 1.82) is 0 Å². The average Bonchev–Trinajstić information content (AvgIpc) is 3.08. The van der Waals surface area contributed by atoms with Gasteiger partial charge in [0.25, 0.3) is 0 Å². The molecule has 1 fully saturated rings. The summed E-state index contributed by atoms with van der Waals surface area (Å²) in [7, 11) is 1.60. The number of hydrogen-bond acceptors (Lipinski definition) is 3. The predicted molar refractivity (Wildman–Crippen MR) is 125 cm³/mol. The monoisotopic (exact) mass is 494 g/mol. The van der Waals surface area contributed by atoms with E-state index in [1.54, 1.807) is 16.9 Å². The third-order valence-corrected chi connectivity index (χ3v) is 5.99. The zero-order valence-corrected chi connectivity index (χ0v) is 19.5. The maximum absolute atomic E-state index is 13.0. The van der Waals surface area contributed by atoms with Gasteiger partial charge in [0.2, 0.25) is 11.8 Å². The third-order valence-electron chi connectivity index (χ3n) is 5.66. The molecule has 1 heterocycles. The Morgan fingerprint density at radius 3 is 2.38 bits per heavy atom. The minimum absolute atomic E-state index is 0.0292. The number of hydrogen-bond donors (Lipinski definition) is 0. The first-order valence-electron chi connectivity index (χ1n) is 10.9. The number of nitrogens with zero attached hydrogens (tertiary/aromatic N) is 2. The molecule has 2 aromatic carbocycles. The molecule has 2 aromatic rings. The second-order valence-electron chi connectivity index (χ2n) is 7.98. The molecule has 0 aromatic heterocycles. The number of methoxy groups -OCH3 is 1. The first-order chi connectivity index (χ1) is 16.2. The smallest absolute Gasteiger partial charge is 0.417 e. The lowest BCUT2D eigenvalue weighted by atomic mass is 10.1. The van der Waals surface area contributed by atoms with Gasteiger partial charge in [-0.15, -0.1) is 0 Å². The highest BCUT2D eigenvalue weighted by Gasteiger charge is 2.33. The maximum Gasteiger partial charge on any atom is 0.417 e. The normalized spacial score (nSPS) is 14.9. The van der Waals surface area contributed by atoms with Crippen LogP contribution in [0.5, 0.6) is 5.75 Å². The van der Waals surface area contributed by atoms with Crippen LogP contribution in [0.1, 0.15) is 29.5 Å². The topological polar surface area (TPSA) is 49.9 Å². The van der Waals surface area contributed by atoms with Gasteiger partial charge in [-0.3, -0.25) is 9.59 Å². The highest BCUT2D eigenvalue weighted by molar-refractivity contribution is 6.31. The minimum atomic E-state index is -4.57. The zero-order valence-electron chi connectivity index (χ0n) is 18.8.